The number of Topliss-reactive ketones (excluding diaryl/α,β-unsaturated/α-hetero) is 1. The second kappa shape index (κ2) is 6.56. The molecule has 0 aliphatic heterocycles. The Hall–Kier alpha value is -0.900. The number of hydrogen-bond acceptors (Lipinski definition) is 4. The highest BCUT2D eigenvalue weighted by Crippen LogP contribution is 2.15. The summed E-state index contributed by atoms with van der Waals surface area (Å²) in [4.78, 5) is 22.4. The lowest BCUT2D eigenvalue weighted by Gasteiger charge is -2.21. The van der Waals surface area contributed by atoms with E-state index in [9.17, 15) is 9.59 Å². The summed E-state index contributed by atoms with van der Waals surface area (Å²) in [6.07, 6.45) is 0.709. The van der Waals surface area contributed by atoms with Crippen molar-refractivity contribution in [1.29, 1.82) is 0 Å². The zero-order chi connectivity index (χ0) is 11.9. The van der Waals surface area contributed by atoms with Gasteiger partial charge in [0.15, 0.2) is 0 Å². The fraction of sp³-hybridized carbons (Fsp3) is 0.818. The van der Waals surface area contributed by atoms with Crippen LogP contribution in [0.5, 0.6) is 0 Å². The maximum atomic E-state index is 11.4. The van der Waals surface area contributed by atoms with Gasteiger partial charge < -0.3 is 9.47 Å². The molecule has 0 unspecified atom stereocenters. The summed E-state index contributed by atoms with van der Waals surface area (Å²) >= 11 is 0. The number of hydrogen-bond donors (Lipinski definition) is 0. The van der Waals surface area contributed by atoms with E-state index in [1.54, 1.807) is 14.0 Å². The molecule has 0 aromatic carbocycles. The van der Waals surface area contributed by atoms with Gasteiger partial charge >= 0.3 is 5.97 Å². The molecule has 0 fully saturated rings. The predicted molar refractivity (Wildman–Crippen MR) is 56.6 cm³/mol. The lowest BCUT2D eigenvalue weighted by atomic mass is 9.99. The zero-order valence-electron chi connectivity index (χ0n) is 9.96. The highest BCUT2D eigenvalue weighted by atomic mass is 16.5. The minimum absolute atomic E-state index is 0.0231. The minimum Gasteiger partial charge on any atom is -0.466 e. The van der Waals surface area contributed by atoms with Crippen LogP contribution in [0.1, 0.15) is 40.0 Å². The van der Waals surface area contributed by atoms with Crippen LogP contribution in [0.15, 0.2) is 0 Å². The van der Waals surface area contributed by atoms with Crippen LogP contribution < -0.4 is 0 Å². The van der Waals surface area contributed by atoms with Crippen molar-refractivity contribution >= 4 is 11.8 Å². The van der Waals surface area contributed by atoms with Crippen molar-refractivity contribution in [3.63, 3.8) is 0 Å². The molecule has 0 bridgehead atoms. The molecule has 15 heavy (non-hydrogen) atoms. The lowest BCUT2D eigenvalue weighted by molar-refractivity contribution is -0.144. The van der Waals surface area contributed by atoms with Gasteiger partial charge in [0.05, 0.1) is 18.6 Å². The number of ether oxygens (including phenoxy) is 2. The fourth-order valence-corrected chi connectivity index (χ4v) is 1.11. The van der Waals surface area contributed by atoms with Gasteiger partial charge in [-0.1, -0.05) is 0 Å². The van der Waals surface area contributed by atoms with Crippen LogP contribution in [-0.2, 0) is 19.1 Å². The van der Waals surface area contributed by atoms with E-state index in [1.807, 2.05) is 13.8 Å². The van der Waals surface area contributed by atoms with Gasteiger partial charge in [0.25, 0.3) is 0 Å². The summed E-state index contributed by atoms with van der Waals surface area (Å²) in [5.41, 5.74) is -0.453. The number of ketones is 1. The molecule has 4 heteroatoms. The molecule has 0 amide bonds. The molecular formula is C11H20O4. The Morgan fingerprint density at radius 2 is 1.80 bits per heavy atom. The summed E-state index contributed by atoms with van der Waals surface area (Å²) < 4.78 is 9.85. The molecule has 0 atom stereocenters. The second-order valence-electron chi connectivity index (χ2n) is 3.98. The maximum absolute atomic E-state index is 11.4. The summed E-state index contributed by atoms with van der Waals surface area (Å²) in [7, 11) is 1.57. The van der Waals surface area contributed by atoms with Crippen LogP contribution in [-0.4, -0.2) is 31.1 Å². The number of carbonyl (C=O) groups excluding carboxylic acids is 2. The highest BCUT2D eigenvalue weighted by molar-refractivity contribution is 5.83. The first-order chi connectivity index (χ1) is 6.91. The molecule has 0 rings (SSSR count). The van der Waals surface area contributed by atoms with E-state index in [0.717, 1.165) is 0 Å². The quantitative estimate of drug-likeness (QED) is 0.608. The van der Waals surface area contributed by atoms with Gasteiger partial charge in [-0.3, -0.25) is 9.59 Å². The Kier molecular flexibility index (Phi) is 6.17. The van der Waals surface area contributed by atoms with E-state index < -0.39 is 5.60 Å². The maximum Gasteiger partial charge on any atom is 0.306 e. The van der Waals surface area contributed by atoms with Crippen LogP contribution in [0, 0.1) is 0 Å². The zero-order valence-corrected chi connectivity index (χ0v) is 9.96. The third-order valence-electron chi connectivity index (χ3n) is 2.09. The SMILES string of the molecule is CCOC(=O)CCC(=O)CC(C)(C)OC. The van der Waals surface area contributed by atoms with Gasteiger partial charge in [-0.25, -0.2) is 0 Å². The molecule has 0 saturated carbocycles. The van der Waals surface area contributed by atoms with E-state index in [2.05, 4.69) is 0 Å². The second-order valence-corrected chi connectivity index (χ2v) is 3.98. The summed E-state index contributed by atoms with van der Waals surface area (Å²) in [6, 6.07) is 0. The summed E-state index contributed by atoms with van der Waals surface area (Å²) in [5, 5.41) is 0. The molecule has 0 saturated heterocycles. The van der Waals surface area contributed by atoms with Gasteiger partial charge in [0, 0.05) is 20.0 Å². The van der Waals surface area contributed by atoms with E-state index in [1.165, 1.54) is 0 Å². The van der Waals surface area contributed by atoms with Gasteiger partial charge in [0.1, 0.15) is 5.78 Å². The molecule has 0 aliphatic rings. The summed E-state index contributed by atoms with van der Waals surface area (Å²) in [6.45, 7) is 5.79. The Balaban J connectivity index is 3.80. The molecule has 0 aliphatic carbocycles. The molecule has 0 aromatic rings. The fourth-order valence-electron chi connectivity index (χ4n) is 1.11. The van der Waals surface area contributed by atoms with Gasteiger partial charge in [-0.15, -0.1) is 0 Å². The molecule has 0 radical (unpaired) electrons. The first-order valence-corrected chi connectivity index (χ1v) is 5.13. The Bertz CT molecular complexity index is 221. The van der Waals surface area contributed by atoms with Crippen molar-refractivity contribution in [3.05, 3.63) is 0 Å². The summed E-state index contributed by atoms with van der Waals surface area (Å²) in [5.74, 6) is -0.295. The Morgan fingerprint density at radius 3 is 2.27 bits per heavy atom. The Labute approximate surface area is 90.9 Å². The topological polar surface area (TPSA) is 52.6 Å². The molecule has 0 heterocycles. The number of rotatable bonds is 7. The lowest BCUT2D eigenvalue weighted by Crippen LogP contribution is -2.26. The van der Waals surface area contributed by atoms with E-state index >= 15 is 0 Å². The van der Waals surface area contributed by atoms with Gasteiger partial charge in [-0.05, 0) is 20.8 Å². The number of carbonyl (C=O) groups is 2. The molecule has 0 N–H and O–H groups in total. The van der Waals surface area contributed by atoms with Crippen LogP contribution >= 0.6 is 0 Å². The first-order valence-electron chi connectivity index (χ1n) is 5.13. The first kappa shape index (κ1) is 14.1. The van der Waals surface area contributed by atoms with Crippen LogP contribution in [0.3, 0.4) is 0 Å². The van der Waals surface area contributed by atoms with Gasteiger partial charge in [-0.2, -0.15) is 0 Å². The van der Waals surface area contributed by atoms with Crippen molar-refractivity contribution < 1.29 is 19.1 Å². The highest BCUT2D eigenvalue weighted by Gasteiger charge is 2.21. The molecule has 0 spiro atoms. The monoisotopic (exact) mass is 216 g/mol. The van der Waals surface area contributed by atoms with E-state index in [0.29, 0.717) is 13.0 Å². The number of esters is 1. The van der Waals surface area contributed by atoms with Crippen molar-refractivity contribution in [3.8, 4) is 0 Å². The normalized spacial score (nSPS) is 11.2. The molecular weight excluding hydrogens is 196 g/mol. The Morgan fingerprint density at radius 1 is 1.20 bits per heavy atom. The van der Waals surface area contributed by atoms with Gasteiger partial charge in [0.2, 0.25) is 0 Å². The smallest absolute Gasteiger partial charge is 0.306 e. The van der Waals surface area contributed by atoms with Crippen molar-refractivity contribution in [2.24, 2.45) is 0 Å². The van der Waals surface area contributed by atoms with E-state index in [-0.39, 0.29) is 24.6 Å². The number of methoxy groups -OCH3 is 1. The molecule has 88 valence electrons. The standard InChI is InChI=1S/C11H20O4/c1-5-15-10(13)7-6-9(12)8-11(2,3)14-4/h5-8H2,1-4H3. The average Bonchev–Trinajstić information content (AvgIpc) is 2.15. The minimum atomic E-state index is -0.453. The molecule has 0 aromatic heterocycles. The van der Waals surface area contributed by atoms with Crippen molar-refractivity contribution in [2.75, 3.05) is 13.7 Å². The van der Waals surface area contributed by atoms with Crippen LogP contribution in [0.25, 0.3) is 0 Å². The predicted octanol–water partition coefficient (Wildman–Crippen LogP) is 1.71. The van der Waals surface area contributed by atoms with Crippen molar-refractivity contribution in [2.45, 2.75) is 45.6 Å². The van der Waals surface area contributed by atoms with Crippen LogP contribution in [0.2, 0.25) is 0 Å². The third kappa shape index (κ3) is 7.08. The average molecular weight is 216 g/mol. The molecule has 4 nitrogen and oxygen atoms in total. The van der Waals surface area contributed by atoms with Crippen LogP contribution in [0.4, 0.5) is 0 Å². The third-order valence-corrected chi connectivity index (χ3v) is 2.09. The van der Waals surface area contributed by atoms with Crippen molar-refractivity contribution in [1.82, 2.24) is 0 Å². The van der Waals surface area contributed by atoms with E-state index in [4.69, 9.17) is 9.47 Å². The largest absolute Gasteiger partial charge is 0.466 e.